The number of benzene rings is 7. The van der Waals surface area contributed by atoms with Gasteiger partial charge in [0.25, 0.3) is 6.71 Å². The van der Waals surface area contributed by atoms with E-state index >= 15 is 0 Å². The van der Waals surface area contributed by atoms with E-state index in [0.717, 1.165) is 0 Å². The molecule has 12 rings (SSSR count). The minimum Gasteiger partial charge on any atom is -0.311 e. The van der Waals surface area contributed by atoms with Crippen molar-refractivity contribution < 1.29 is 0 Å². The highest BCUT2D eigenvalue weighted by Crippen LogP contribution is 2.49. The standard InChI is InChI=1S/C47H32BN3/c1-47(2)26-25-29-27-42-38(28-36(29)47)48-37-24-23-35-34-19-11-18-33-32-17-9-10-20-39(32)51(44(33)34)45(35)46(37)50(31-15-7-4-8-16-31)41-22-12-21-40(43(41)48)49(42)30-13-5-3-6-14-30/h3-28H,1-2H3. The van der Waals surface area contributed by atoms with Gasteiger partial charge < -0.3 is 14.2 Å². The van der Waals surface area contributed by atoms with E-state index in [2.05, 4.69) is 186 Å². The molecular weight excluding hydrogens is 617 g/mol. The number of anilines is 6. The first-order valence-corrected chi connectivity index (χ1v) is 18.0. The van der Waals surface area contributed by atoms with E-state index in [9.17, 15) is 0 Å². The van der Waals surface area contributed by atoms with Crippen molar-refractivity contribution in [2.24, 2.45) is 0 Å². The Morgan fingerprint density at radius 3 is 1.92 bits per heavy atom. The molecule has 0 amide bonds. The van der Waals surface area contributed by atoms with Crippen molar-refractivity contribution in [1.82, 2.24) is 4.40 Å². The molecule has 2 aliphatic heterocycles. The van der Waals surface area contributed by atoms with E-state index < -0.39 is 0 Å². The van der Waals surface area contributed by atoms with Gasteiger partial charge in [0.2, 0.25) is 0 Å². The van der Waals surface area contributed by atoms with E-state index in [4.69, 9.17) is 0 Å². The molecule has 0 fully saturated rings. The third-order valence-electron chi connectivity index (χ3n) is 11.9. The normalized spacial score (nSPS) is 15.2. The zero-order valence-electron chi connectivity index (χ0n) is 28.4. The molecule has 3 nitrogen and oxygen atoms in total. The van der Waals surface area contributed by atoms with Crippen molar-refractivity contribution in [3.8, 4) is 0 Å². The molecule has 0 bridgehead atoms. The molecule has 0 saturated heterocycles. The van der Waals surface area contributed by atoms with Crippen molar-refractivity contribution in [3.05, 3.63) is 163 Å². The second kappa shape index (κ2) is 9.50. The lowest BCUT2D eigenvalue weighted by atomic mass is 9.33. The van der Waals surface area contributed by atoms with Crippen molar-refractivity contribution in [2.75, 3.05) is 9.80 Å². The summed E-state index contributed by atoms with van der Waals surface area (Å²) in [6.45, 7) is 4.74. The molecule has 0 spiro atoms. The van der Waals surface area contributed by atoms with Crippen molar-refractivity contribution >= 4 is 101 Å². The maximum Gasteiger partial charge on any atom is 0.252 e. The monoisotopic (exact) mass is 649 g/mol. The Morgan fingerprint density at radius 1 is 0.510 bits per heavy atom. The third kappa shape index (κ3) is 3.40. The lowest BCUT2D eigenvalue weighted by Crippen LogP contribution is -2.61. The van der Waals surface area contributed by atoms with Crippen LogP contribution in [0.1, 0.15) is 25.0 Å². The zero-order valence-corrected chi connectivity index (χ0v) is 28.4. The van der Waals surface area contributed by atoms with Crippen LogP contribution in [0.25, 0.3) is 44.2 Å². The van der Waals surface area contributed by atoms with Crippen LogP contribution in [0.2, 0.25) is 0 Å². The number of hydrogen-bond donors (Lipinski definition) is 0. The van der Waals surface area contributed by atoms with Crippen LogP contribution in [0.3, 0.4) is 0 Å². The smallest absolute Gasteiger partial charge is 0.252 e. The van der Waals surface area contributed by atoms with Crippen molar-refractivity contribution in [2.45, 2.75) is 19.3 Å². The predicted octanol–water partition coefficient (Wildman–Crippen LogP) is 10.2. The van der Waals surface area contributed by atoms with Gasteiger partial charge in [0.15, 0.2) is 0 Å². The van der Waals surface area contributed by atoms with Crippen LogP contribution in [-0.4, -0.2) is 11.1 Å². The Bertz CT molecular complexity index is 2960. The highest BCUT2D eigenvalue weighted by atomic mass is 15.2. The fraction of sp³-hybridized carbons (Fsp3) is 0.0638. The van der Waals surface area contributed by atoms with Gasteiger partial charge in [-0.1, -0.05) is 123 Å². The minimum atomic E-state index is -0.0372. The van der Waals surface area contributed by atoms with Crippen molar-refractivity contribution in [1.29, 1.82) is 0 Å². The highest BCUT2D eigenvalue weighted by Gasteiger charge is 2.45. The number of fused-ring (bicyclic) bond motifs is 12. The van der Waals surface area contributed by atoms with Gasteiger partial charge >= 0.3 is 0 Å². The average molecular weight is 650 g/mol. The molecule has 2 aromatic heterocycles. The summed E-state index contributed by atoms with van der Waals surface area (Å²) in [5, 5.41) is 5.21. The lowest BCUT2D eigenvalue weighted by Gasteiger charge is -2.44. The summed E-state index contributed by atoms with van der Waals surface area (Å²) in [7, 11) is 0. The first-order chi connectivity index (χ1) is 25.1. The maximum absolute atomic E-state index is 2.56. The van der Waals surface area contributed by atoms with E-state index in [0.29, 0.717) is 0 Å². The molecule has 238 valence electrons. The second-order valence-corrected chi connectivity index (χ2v) is 15.0. The van der Waals surface area contributed by atoms with Crippen LogP contribution < -0.4 is 26.2 Å². The summed E-state index contributed by atoms with van der Waals surface area (Å²) in [4.78, 5) is 5.06. The van der Waals surface area contributed by atoms with Gasteiger partial charge in [0.1, 0.15) is 0 Å². The Kier molecular flexibility index (Phi) is 5.13. The molecule has 9 aromatic rings. The van der Waals surface area contributed by atoms with E-state index in [1.165, 1.54) is 99.7 Å². The molecule has 51 heavy (non-hydrogen) atoms. The molecule has 0 saturated carbocycles. The van der Waals surface area contributed by atoms with Gasteiger partial charge in [-0.15, -0.1) is 0 Å². The summed E-state index contributed by atoms with van der Waals surface area (Å²) in [6, 6.07) is 54.4. The average Bonchev–Trinajstić information content (AvgIpc) is 3.80. The molecule has 4 heterocycles. The third-order valence-corrected chi connectivity index (χ3v) is 11.9. The molecule has 7 aromatic carbocycles. The van der Waals surface area contributed by atoms with Gasteiger partial charge in [-0.25, -0.2) is 0 Å². The van der Waals surface area contributed by atoms with Gasteiger partial charge in [0.05, 0.1) is 22.2 Å². The number of hydrogen-bond acceptors (Lipinski definition) is 2. The van der Waals surface area contributed by atoms with Gasteiger partial charge in [-0.3, -0.25) is 0 Å². The topological polar surface area (TPSA) is 10.9 Å². The summed E-state index contributed by atoms with van der Waals surface area (Å²) in [6.07, 6.45) is 4.69. The summed E-state index contributed by atoms with van der Waals surface area (Å²) < 4.78 is 2.56. The number of para-hydroxylation sites is 4. The fourth-order valence-corrected chi connectivity index (χ4v) is 9.76. The SMILES string of the molecule is CC1(C)C=Cc2cc3c(cc21)B1c2ccc4c5cccc6c7ccccc7n(c4c2N(c2ccccc2)c2cccc(c21)N3c1ccccc1)c65. The van der Waals surface area contributed by atoms with E-state index in [1.54, 1.807) is 0 Å². The molecule has 0 unspecified atom stereocenters. The van der Waals surface area contributed by atoms with E-state index in [1.807, 2.05) is 0 Å². The second-order valence-electron chi connectivity index (χ2n) is 15.0. The molecule has 0 atom stereocenters. The Morgan fingerprint density at radius 2 is 1.14 bits per heavy atom. The zero-order chi connectivity index (χ0) is 33.6. The number of rotatable bonds is 2. The molecule has 0 N–H and O–H groups in total. The van der Waals surface area contributed by atoms with Crippen molar-refractivity contribution in [3.63, 3.8) is 0 Å². The molecule has 3 aliphatic rings. The number of aromatic nitrogens is 1. The van der Waals surface area contributed by atoms with Gasteiger partial charge in [-0.05, 0) is 76.0 Å². The number of nitrogens with zero attached hydrogens (tertiary/aromatic N) is 3. The largest absolute Gasteiger partial charge is 0.311 e. The fourth-order valence-electron chi connectivity index (χ4n) is 9.76. The molecular formula is C47H32BN3. The maximum atomic E-state index is 2.56. The summed E-state index contributed by atoms with van der Waals surface area (Å²) in [5.74, 6) is 0. The van der Waals surface area contributed by atoms with Crippen LogP contribution in [0, 0.1) is 0 Å². The molecule has 1 aliphatic carbocycles. The summed E-state index contributed by atoms with van der Waals surface area (Å²) in [5.41, 5.74) is 17.9. The van der Waals surface area contributed by atoms with E-state index in [-0.39, 0.29) is 12.1 Å². The first-order valence-electron chi connectivity index (χ1n) is 18.0. The molecule has 0 radical (unpaired) electrons. The van der Waals surface area contributed by atoms with Crippen LogP contribution >= 0.6 is 0 Å². The van der Waals surface area contributed by atoms with Crippen LogP contribution in [0.5, 0.6) is 0 Å². The predicted molar refractivity (Wildman–Crippen MR) is 217 cm³/mol. The minimum absolute atomic E-state index is 0.0372. The van der Waals surface area contributed by atoms with Gasteiger partial charge in [-0.2, -0.15) is 0 Å². The Balaban J connectivity index is 1.28. The van der Waals surface area contributed by atoms with Crippen LogP contribution in [0.4, 0.5) is 34.1 Å². The van der Waals surface area contributed by atoms with Crippen LogP contribution in [0.15, 0.2) is 152 Å². The summed E-state index contributed by atoms with van der Waals surface area (Å²) >= 11 is 0. The highest BCUT2D eigenvalue weighted by molar-refractivity contribution is 7.00. The quantitative estimate of drug-likeness (QED) is 0.173. The lowest BCUT2D eigenvalue weighted by molar-refractivity contribution is 0.684. The Hall–Kier alpha value is -6.26. The Labute approximate surface area is 296 Å². The molecule has 4 heteroatoms. The van der Waals surface area contributed by atoms with Gasteiger partial charge in [0, 0.05) is 55.4 Å². The van der Waals surface area contributed by atoms with Crippen LogP contribution in [-0.2, 0) is 5.41 Å². The first kappa shape index (κ1) is 27.6. The number of allylic oxidation sites excluding steroid dienone is 1.